The summed E-state index contributed by atoms with van der Waals surface area (Å²) in [6.45, 7) is 15.2. The summed E-state index contributed by atoms with van der Waals surface area (Å²) in [7, 11) is 0. The van der Waals surface area contributed by atoms with Gasteiger partial charge < -0.3 is 10.2 Å². The van der Waals surface area contributed by atoms with Crippen LogP contribution in [0.4, 0.5) is 0 Å². The molecule has 1 fully saturated rings. The Morgan fingerprint density at radius 3 is 2.53 bits per heavy atom. The van der Waals surface area contributed by atoms with Crippen molar-refractivity contribution in [2.75, 3.05) is 19.6 Å². The Hall–Kier alpha value is -0.0800. The molecule has 1 aliphatic rings. The summed E-state index contributed by atoms with van der Waals surface area (Å²) in [6.07, 6.45) is 2.63. The van der Waals surface area contributed by atoms with E-state index in [1.165, 1.54) is 32.5 Å². The summed E-state index contributed by atoms with van der Waals surface area (Å²) in [5.74, 6) is 0. The van der Waals surface area contributed by atoms with E-state index in [0.717, 1.165) is 6.04 Å². The average Bonchev–Trinajstić information content (AvgIpc) is 2.46. The number of rotatable bonds is 4. The van der Waals surface area contributed by atoms with Crippen molar-refractivity contribution in [3.8, 4) is 0 Å². The highest BCUT2D eigenvalue weighted by molar-refractivity contribution is 4.82. The minimum absolute atomic E-state index is 0.476. The molecule has 0 aliphatic carbocycles. The molecule has 0 amide bonds. The minimum atomic E-state index is 0.476. The van der Waals surface area contributed by atoms with E-state index in [2.05, 4.69) is 44.8 Å². The number of likely N-dealkylation sites (tertiary alicyclic amines) is 1. The van der Waals surface area contributed by atoms with E-state index < -0.39 is 0 Å². The molecule has 1 saturated heterocycles. The molecule has 2 heteroatoms. The fraction of sp³-hybridized carbons (Fsp3) is 1.00. The second kappa shape index (κ2) is 5.31. The molecule has 0 aromatic heterocycles. The van der Waals surface area contributed by atoms with Gasteiger partial charge in [-0.3, -0.25) is 0 Å². The molecule has 15 heavy (non-hydrogen) atoms. The van der Waals surface area contributed by atoms with Crippen LogP contribution >= 0.6 is 0 Å². The maximum Gasteiger partial charge on any atom is 0.0209 e. The second-order valence-corrected chi connectivity index (χ2v) is 6.42. The Kier molecular flexibility index (Phi) is 4.60. The van der Waals surface area contributed by atoms with Crippen LogP contribution in [0.1, 0.15) is 47.5 Å². The van der Waals surface area contributed by atoms with Gasteiger partial charge in [-0.25, -0.2) is 0 Å². The van der Waals surface area contributed by atoms with Crippen LogP contribution in [0.5, 0.6) is 0 Å². The molecule has 0 aromatic rings. The lowest BCUT2D eigenvalue weighted by molar-refractivity contribution is 0.259. The monoisotopic (exact) mass is 212 g/mol. The lowest BCUT2D eigenvalue weighted by Crippen LogP contribution is -2.37. The predicted octanol–water partition coefficient (Wildman–Crippen LogP) is 2.49. The van der Waals surface area contributed by atoms with Crippen molar-refractivity contribution in [2.24, 2.45) is 5.41 Å². The minimum Gasteiger partial charge on any atom is -0.310 e. The van der Waals surface area contributed by atoms with Gasteiger partial charge in [0.2, 0.25) is 0 Å². The standard InChI is InChI=1S/C13H28N2/c1-11(2)14-12-6-8-15(10-12)9-7-13(3,4)5/h11-12,14H,6-10H2,1-5H3. The Balaban J connectivity index is 2.19. The SMILES string of the molecule is CC(C)NC1CCN(CCC(C)(C)C)C1. The number of nitrogens with one attached hydrogen (secondary N) is 1. The van der Waals surface area contributed by atoms with Crippen molar-refractivity contribution in [1.82, 2.24) is 10.2 Å². The first kappa shape index (κ1) is 13.0. The van der Waals surface area contributed by atoms with Crippen LogP contribution < -0.4 is 5.32 Å². The maximum absolute atomic E-state index is 3.63. The third kappa shape index (κ3) is 5.53. The van der Waals surface area contributed by atoms with Gasteiger partial charge >= 0.3 is 0 Å². The van der Waals surface area contributed by atoms with Gasteiger partial charge in [-0.05, 0) is 31.3 Å². The second-order valence-electron chi connectivity index (χ2n) is 6.42. The first-order valence-corrected chi connectivity index (χ1v) is 6.35. The topological polar surface area (TPSA) is 15.3 Å². The highest BCUT2D eigenvalue weighted by Gasteiger charge is 2.23. The molecule has 90 valence electrons. The Bertz CT molecular complexity index is 181. The zero-order valence-electron chi connectivity index (χ0n) is 11.1. The Labute approximate surface area is 95.4 Å². The van der Waals surface area contributed by atoms with Crippen molar-refractivity contribution in [1.29, 1.82) is 0 Å². The van der Waals surface area contributed by atoms with Gasteiger partial charge in [-0.2, -0.15) is 0 Å². The molecule has 1 rings (SSSR count). The van der Waals surface area contributed by atoms with E-state index in [1.54, 1.807) is 0 Å². The van der Waals surface area contributed by atoms with Crippen LogP contribution in [0.2, 0.25) is 0 Å². The van der Waals surface area contributed by atoms with Crippen molar-refractivity contribution in [2.45, 2.75) is 59.5 Å². The predicted molar refractivity (Wildman–Crippen MR) is 67.2 cm³/mol. The van der Waals surface area contributed by atoms with Crippen LogP contribution in [0.15, 0.2) is 0 Å². The first-order chi connectivity index (χ1) is 6.87. The van der Waals surface area contributed by atoms with E-state index in [9.17, 15) is 0 Å². The summed E-state index contributed by atoms with van der Waals surface area (Å²) < 4.78 is 0. The zero-order chi connectivity index (χ0) is 11.5. The van der Waals surface area contributed by atoms with Gasteiger partial charge in [-0.15, -0.1) is 0 Å². The Morgan fingerprint density at radius 1 is 1.33 bits per heavy atom. The summed E-state index contributed by atoms with van der Waals surface area (Å²) in [6, 6.07) is 1.35. The van der Waals surface area contributed by atoms with Gasteiger partial charge in [0.05, 0.1) is 0 Å². The van der Waals surface area contributed by atoms with Crippen molar-refractivity contribution >= 4 is 0 Å². The summed E-state index contributed by atoms with van der Waals surface area (Å²) in [4.78, 5) is 2.60. The highest BCUT2D eigenvalue weighted by Crippen LogP contribution is 2.20. The molecule has 0 spiro atoms. The molecule has 1 aliphatic heterocycles. The molecule has 0 saturated carbocycles. The quantitative estimate of drug-likeness (QED) is 0.770. The first-order valence-electron chi connectivity index (χ1n) is 6.35. The van der Waals surface area contributed by atoms with Crippen LogP contribution in [-0.4, -0.2) is 36.6 Å². The molecule has 1 atom stereocenters. The van der Waals surface area contributed by atoms with Crippen LogP contribution in [0.25, 0.3) is 0 Å². The largest absolute Gasteiger partial charge is 0.310 e. The molecule has 0 aromatic carbocycles. The van der Waals surface area contributed by atoms with Crippen LogP contribution in [0.3, 0.4) is 0 Å². The van der Waals surface area contributed by atoms with Crippen LogP contribution in [-0.2, 0) is 0 Å². The van der Waals surface area contributed by atoms with Crippen molar-refractivity contribution in [3.63, 3.8) is 0 Å². The zero-order valence-corrected chi connectivity index (χ0v) is 11.1. The summed E-state index contributed by atoms with van der Waals surface area (Å²) in [5.41, 5.74) is 0.476. The normalized spacial score (nSPS) is 24.0. The molecule has 1 unspecified atom stereocenters. The summed E-state index contributed by atoms with van der Waals surface area (Å²) >= 11 is 0. The molecule has 0 bridgehead atoms. The number of nitrogens with zero attached hydrogens (tertiary/aromatic N) is 1. The molecular weight excluding hydrogens is 184 g/mol. The van der Waals surface area contributed by atoms with Gasteiger partial charge in [-0.1, -0.05) is 34.6 Å². The third-order valence-corrected chi connectivity index (χ3v) is 3.02. The average molecular weight is 212 g/mol. The van der Waals surface area contributed by atoms with Crippen LogP contribution in [0, 0.1) is 5.41 Å². The smallest absolute Gasteiger partial charge is 0.0209 e. The lowest BCUT2D eigenvalue weighted by atomic mass is 9.92. The van der Waals surface area contributed by atoms with Gasteiger partial charge in [0.1, 0.15) is 0 Å². The fourth-order valence-corrected chi connectivity index (χ4v) is 2.14. The maximum atomic E-state index is 3.63. The fourth-order valence-electron chi connectivity index (χ4n) is 2.14. The molecule has 1 N–H and O–H groups in total. The molecule has 2 nitrogen and oxygen atoms in total. The van der Waals surface area contributed by atoms with E-state index in [1.807, 2.05) is 0 Å². The van der Waals surface area contributed by atoms with Gasteiger partial charge in [0, 0.05) is 18.6 Å². The van der Waals surface area contributed by atoms with E-state index >= 15 is 0 Å². The van der Waals surface area contributed by atoms with Gasteiger partial charge in [0.15, 0.2) is 0 Å². The van der Waals surface area contributed by atoms with E-state index in [0.29, 0.717) is 11.5 Å². The molecule has 0 radical (unpaired) electrons. The number of hydrogen-bond donors (Lipinski definition) is 1. The Morgan fingerprint density at radius 2 is 2.00 bits per heavy atom. The van der Waals surface area contributed by atoms with Crippen molar-refractivity contribution in [3.05, 3.63) is 0 Å². The summed E-state index contributed by atoms with van der Waals surface area (Å²) in [5, 5.41) is 3.63. The van der Waals surface area contributed by atoms with E-state index in [4.69, 9.17) is 0 Å². The lowest BCUT2D eigenvalue weighted by Gasteiger charge is -2.23. The van der Waals surface area contributed by atoms with E-state index in [-0.39, 0.29) is 0 Å². The third-order valence-electron chi connectivity index (χ3n) is 3.02. The molecular formula is C13H28N2. The van der Waals surface area contributed by atoms with Crippen molar-refractivity contribution < 1.29 is 0 Å². The molecule has 1 heterocycles. The highest BCUT2D eigenvalue weighted by atomic mass is 15.2. The number of hydrogen-bond acceptors (Lipinski definition) is 2. The van der Waals surface area contributed by atoms with Gasteiger partial charge in [0.25, 0.3) is 0 Å².